The maximum absolute atomic E-state index is 11.3. The highest BCUT2D eigenvalue weighted by Crippen LogP contribution is 2.21. The Bertz CT molecular complexity index is 305. The first-order valence-electron chi connectivity index (χ1n) is 4.43. The van der Waals surface area contributed by atoms with Gasteiger partial charge in [0, 0.05) is 17.2 Å². The third-order valence-electron chi connectivity index (χ3n) is 1.81. The Kier molecular flexibility index (Phi) is 4.35. The Labute approximate surface area is 92.5 Å². The van der Waals surface area contributed by atoms with Crippen LogP contribution in [-0.2, 0) is 4.79 Å². The van der Waals surface area contributed by atoms with E-state index < -0.39 is 0 Å². The highest BCUT2D eigenvalue weighted by molar-refractivity contribution is 7.15. The van der Waals surface area contributed by atoms with E-state index in [1.165, 1.54) is 11.3 Å². The molecule has 0 saturated carbocycles. The van der Waals surface area contributed by atoms with E-state index in [9.17, 15) is 4.79 Å². The lowest BCUT2D eigenvalue weighted by atomic mass is 10.3. The normalized spacial score (nSPS) is 10.2. The molecule has 1 heterocycles. The van der Waals surface area contributed by atoms with Gasteiger partial charge in [0.1, 0.15) is 0 Å². The Balaban J connectivity index is 2.48. The summed E-state index contributed by atoms with van der Waals surface area (Å²) in [6.07, 6.45) is 1.16. The smallest absolute Gasteiger partial charge is 0.226 e. The standard InChI is InChI=1S/C9H13ClN2OS/c1-6-7(2)14-9(11-6)12-8(13)4-3-5-10/h3-5H2,1-2H3,(H,11,12,13). The van der Waals surface area contributed by atoms with Crippen molar-refractivity contribution in [3.63, 3.8) is 0 Å². The van der Waals surface area contributed by atoms with Gasteiger partial charge in [-0.1, -0.05) is 0 Å². The second-order valence-electron chi connectivity index (χ2n) is 3.00. The van der Waals surface area contributed by atoms with Gasteiger partial charge in [-0.15, -0.1) is 22.9 Å². The molecule has 0 aliphatic carbocycles. The van der Waals surface area contributed by atoms with Crippen molar-refractivity contribution in [3.8, 4) is 0 Å². The zero-order valence-corrected chi connectivity index (χ0v) is 9.84. The van der Waals surface area contributed by atoms with Crippen LogP contribution in [0.4, 0.5) is 5.13 Å². The average molecular weight is 233 g/mol. The molecule has 1 amide bonds. The number of anilines is 1. The number of carbonyl (C=O) groups is 1. The summed E-state index contributed by atoms with van der Waals surface area (Å²) in [5.74, 6) is 0.503. The fraction of sp³-hybridized carbons (Fsp3) is 0.556. The molecule has 0 unspecified atom stereocenters. The minimum Gasteiger partial charge on any atom is -0.302 e. The monoisotopic (exact) mass is 232 g/mol. The summed E-state index contributed by atoms with van der Waals surface area (Å²) in [7, 11) is 0. The van der Waals surface area contributed by atoms with E-state index in [0.29, 0.717) is 23.9 Å². The number of aryl methyl sites for hydroxylation is 2. The molecule has 0 aliphatic rings. The van der Waals surface area contributed by atoms with Crippen molar-refractivity contribution in [2.24, 2.45) is 0 Å². The molecule has 0 spiro atoms. The summed E-state index contributed by atoms with van der Waals surface area (Å²) in [4.78, 5) is 16.6. The molecule has 1 N–H and O–H groups in total. The lowest BCUT2D eigenvalue weighted by Crippen LogP contribution is -2.10. The number of alkyl halides is 1. The summed E-state index contributed by atoms with van der Waals surface area (Å²) < 4.78 is 0. The van der Waals surface area contributed by atoms with Crippen LogP contribution in [0.25, 0.3) is 0 Å². The molecular weight excluding hydrogens is 220 g/mol. The summed E-state index contributed by atoms with van der Waals surface area (Å²) in [6, 6.07) is 0. The number of thiazole rings is 1. The minimum atomic E-state index is -0.0144. The van der Waals surface area contributed by atoms with Crippen LogP contribution < -0.4 is 5.32 Å². The molecule has 0 radical (unpaired) electrons. The molecule has 0 aliphatic heterocycles. The molecule has 1 aromatic heterocycles. The third kappa shape index (κ3) is 3.27. The molecule has 5 heteroatoms. The Morgan fingerprint density at radius 3 is 2.79 bits per heavy atom. The minimum absolute atomic E-state index is 0.0144. The van der Waals surface area contributed by atoms with Crippen molar-refractivity contribution in [2.45, 2.75) is 26.7 Å². The molecule has 0 aromatic carbocycles. The summed E-state index contributed by atoms with van der Waals surface area (Å²) in [5, 5.41) is 3.43. The maximum atomic E-state index is 11.3. The van der Waals surface area contributed by atoms with Crippen molar-refractivity contribution in [1.82, 2.24) is 4.98 Å². The molecule has 78 valence electrons. The van der Waals surface area contributed by atoms with Gasteiger partial charge in [0.25, 0.3) is 0 Å². The van der Waals surface area contributed by atoms with Crippen LogP contribution in [0.1, 0.15) is 23.4 Å². The molecule has 0 bridgehead atoms. The fourth-order valence-electron chi connectivity index (χ4n) is 0.935. The molecule has 3 nitrogen and oxygen atoms in total. The van der Waals surface area contributed by atoms with Crippen LogP contribution in [0.5, 0.6) is 0 Å². The van der Waals surface area contributed by atoms with Crippen LogP contribution in [0.2, 0.25) is 0 Å². The van der Waals surface area contributed by atoms with Gasteiger partial charge in [0.15, 0.2) is 5.13 Å². The number of halogens is 1. The Hall–Kier alpha value is -0.610. The lowest BCUT2D eigenvalue weighted by Gasteiger charge is -1.98. The molecule has 1 aromatic rings. The van der Waals surface area contributed by atoms with E-state index in [0.717, 1.165) is 10.6 Å². The average Bonchev–Trinajstić information content (AvgIpc) is 2.42. The van der Waals surface area contributed by atoms with Crippen molar-refractivity contribution in [3.05, 3.63) is 10.6 Å². The molecule has 1 rings (SSSR count). The van der Waals surface area contributed by atoms with Gasteiger partial charge >= 0.3 is 0 Å². The van der Waals surface area contributed by atoms with Crippen LogP contribution >= 0.6 is 22.9 Å². The number of nitrogens with one attached hydrogen (secondary N) is 1. The molecule has 0 saturated heterocycles. The van der Waals surface area contributed by atoms with Gasteiger partial charge in [-0.05, 0) is 20.3 Å². The number of rotatable bonds is 4. The van der Waals surface area contributed by atoms with Gasteiger partial charge in [0.2, 0.25) is 5.91 Å². The molecule has 0 atom stereocenters. The predicted octanol–water partition coefficient (Wildman–Crippen LogP) is 2.72. The second kappa shape index (κ2) is 5.32. The number of carbonyl (C=O) groups excluding carboxylic acids is 1. The number of nitrogens with zero attached hydrogens (tertiary/aromatic N) is 1. The van der Waals surface area contributed by atoms with Crippen molar-refractivity contribution >= 4 is 34.0 Å². The summed E-state index contributed by atoms with van der Waals surface area (Å²) in [5.41, 5.74) is 0.975. The van der Waals surface area contributed by atoms with E-state index in [4.69, 9.17) is 11.6 Å². The van der Waals surface area contributed by atoms with Gasteiger partial charge in [0.05, 0.1) is 5.69 Å². The fourth-order valence-corrected chi connectivity index (χ4v) is 1.90. The molecular formula is C9H13ClN2OS. The van der Waals surface area contributed by atoms with E-state index in [-0.39, 0.29) is 5.91 Å². The van der Waals surface area contributed by atoms with E-state index >= 15 is 0 Å². The largest absolute Gasteiger partial charge is 0.302 e. The van der Waals surface area contributed by atoms with Crippen LogP contribution in [-0.4, -0.2) is 16.8 Å². The quantitative estimate of drug-likeness (QED) is 0.812. The van der Waals surface area contributed by atoms with Crippen LogP contribution in [0.15, 0.2) is 0 Å². The predicted molar refractivity (Wildman–Crippen MR) is 60.2 cm³/mol. The first-order chi connectivity index (χ1) is 6.63. The zero-order chi connectivity index (χ0) is 10.6. The van der Waals surface area contributed by atoms with Crippen LogP contribution in [0.3, 0.4) is 0 Å². The highest BCUT2D eigenvalue weighted by Gasteiger charge is 2.06. The van der Waals surface area contributed by atoms with E-state index in [1.807, 2.05) is 13.8 Å². The van der Waals surface area contributed by atoms with Gasteiger partial charge < -0.3 is 5.32 Å². The number of amides is 1. The Morgan fingerprint density at radius 2 is 2.29 bits per heavy atom. The van der Waals surface area contributed by atoms with Crippen molar-refractivity contribution in [1.29, 1.82) is 0 Å². The second-order valence-corrected chi connectivity index (χ2v) is 4.58. The summed E-state index contributed by atoms with van der Waals surface area (Å²) >= 11 is 6.99. The number of hydrogen-bond acceptors (Lipinski definition) is 3. The van der Waals surface area contributed by atoms with E-state index in [2.05, 4.69) is 10.3 Å². The number of hydrogen-bond donors (Lipinski definition) is 1. The highest BCUT2D eigenvalue weighted by atomic mass is 35.5. The first-order valence-corrected chi connectivity index (χ1v) is 5.78. The van der Waals surface area contributed by atoms with Crippen molar-refractivity contribution in [2.75, 3.05) is 11.2 Å². The molecule has 0 fully saturated rings. The maximum Gasteiger partial charge on any atom is 0.226 e. The SMILES string of the molecule is Cc1nc(NC(=O)CCCCl)sc1C. The van der Waals surface area contributed by atoms with Gasteiger partial charge in [-0.3, -0.25) is 4.79 Å². The van der Waals surface area contributed by atoms with Gasteiger partial charge in [-0.2, -0.15) is 0 Å². The van der Waals surface area contributed by atoms with Crippen LogP contribution in [0, 0.1) is 13.8 Å². The first kappa shape index (κ1) is 11.5. The lowest BCUT2D eigenvalue weighted by molar-refractivity contribution is -0.116. The van der Waals surface area contributed by atoms with Crippen molar-refractivity contribution < 1.29 is 4.79 Å². The number of aromatic nitrogens is 1. The third-order valence-corrected chi connectivity index (χ3v) is 3.07. The summed E-state index contributed by atoms with van der Waals surface area (Å²) in [6.45, 7) is 3.92. The zero-order valence-electron chi connectivity index (χ0n) is 8.26. The van der Waals surface area contributed by atoms with E-state index in [1.54, 1.807) is 0 Å². The Morgan fingerprint density at radius 1 is 1.57 bits per heavy atom. The topological polar surface area (TPSA) is 42.0 Å². The van der Waals surface area contributed by atoms with Gasteiger partial charge in [-0.25, -0.2) is 4.98 Å². The molecule has 14 heavy (non-hydrogen) atoms.